The van der Waals surface area contributed by atoms with Crippen LogP contribution < -0.4 is 5.32 Å². The first kappa shape index (κ1) is 13.8. The van der Waals surface area contributed by atoms with Crippen molar-refractivity contribution in [3.63, 3.8) is 0 Å². The summed E-state index contributed by atoms with van der Waals surface area (Å²) in [5.41, 5.74) is 0. The molecule has 0 spiro atoms. The molecule has 0 saturated carbocycles. The number of nitrogens with zero attached hydrogens (tertiary/aromatic N) is 2. The zero-order valence-corrected chi connectivity index (χ0v) is 11.7. The highest BCUT2D eigenvalue weighted by atomic mass is 16.2. The van der Waals surface area contributed by atoms with Gasteiger partial charge in [0.1, 0.15) is 0 Å². The van der Waals surface area contributed by atoms with Crippen LogP contribution in [0.4, 0.5) is 0 Å². The number of carbonyl (C=O) groups excluding carboxylic acids is 1. The van der Waals surface area contributed by atoms with Gasteiger partial charge in [-0.1, -0.05) is 0 Å². The van der Waals surface area contributed by atoms with Crippen LogP contribution in [-0.4, -0.2) is 61.0 Å². The molecule has 2 aliphatic heterocycles. The van der Waals surface area contributed by atoms with Crippen LogP contribution in [0, 0.1) is 0 Å². The van der Waals surface area contributed by atoms with Crippen molar-refractivity contribution < 1.29 is 4.79 Å². The molecule has 0 aromatic carbocycles. The van der Waals surface area contributed by atoms with E-state index in [0.717, 1.165) is 19.6 Å². The van der Waals surface area contributed by atoms with Crippen molar-refractivity contribution in [1.82, 2.24) is 15.1 Å². The van der Waals surface area contributed by atoms with Gasteiger partial charge in [-0.25, -0.2) is 0 Å². The van der Waals surface area contributed by atoms with Gasteiger partial charge in [0.2, 0.25) is 5.91 Å². The molecule has 2 heterocycles. The Morgan fingerprint density at radius 2 is 1.67 bits per heavy atom. The third-order valence-electron chi connectivity index (χ3n) is 4.04. The molecule has 1 N–H and O–H groups in total. The first-order chi connectivity index (χ1) is 8.75. The minimum absolute atomic E-state index is 0.281. The second-order valence-corrected chi connectivity index (χ2v) is 5.73. The van der Waals surface area contributed by atoms with Crippen molar-refractivity contribution in [3.8, 4) is 0 Å². The van der Waals surface area contributed by atoms with Crippen LogP contribution in [0.25, 0.3) is 0 Å². The summed E-state index contributed by atoms with van der Waals surface area (Å²) < 4.78 is 0. The Balaban J connectivity index is 1.61. The zero-order chi connectivity index (χ0) is 12.8. The number of likely N-dealkylation sites (tertiary alicyclic amines) is 2. The number of amides is 1. The molecule has 1 amide bonds. The van der Waals surface area contributed by atoms with Crippen LogP contribution in [0.1, 0.15) is 39.0 Å². The molecule has 2 aliphatic rings. The number of hydrogen-bond donors (Lipinski definition) is 1. The van der Waals surface area contributed by atoms with E-state index in [0.29, 0.717) is 12.6 Å². The normalized spacial score (nSPS) is 23.3. The van der Waals surface area contributed by atoms with Crippen LogP contribution in [0.3, 0.4) is 0 Å². The molecule has 2 saturated heterocycles. The highest BCUT2D eigenvalue weighted by Crippen LogP contribution is 2.09. The van der Waals surface area contributed by atoms with E-state index in [-0.39, 0.29) is 5.91 Å². The van der Waals surface area contributed by atoms with E-state index in [1.807, 2.05) is 4.90 Å². The monoisotopic (exact) mass is 253 g/mol. The van der Waals surface area contributed by atoms with Crippen LogP contribution in [0.2, 0.25) is 0 Å². The van der Waals surface area contributed by atoms with Gasteiger partial charge in [-0.05, 0) is 52.1 Å². The summed E-state index contributed by atoms with van der Waals surface area (Å²) in [6.45, 7) is 8.14. The van der Waals surface area contributed by atoms with Gasteiger partial charge in [-0.2, -0.15) is 0 Å². The van der Waals surface area contributed by atoms with E-state index in [9.17, 15) is 4.79 Å². The summed E-state index contributed by atoms with van der Waals surface area (Å²) in [6.07, 6.45) is 6.30. The number of rotatable bonds is 5. The SMILES string of the molecule is CC(CN1CCCC1)NCC(=O)N1CCCCC1. The van der Waals surface area contributed by atoms with E-state index < -0.39 is 0 Å². The number of piperidine rings is 1. The van der Waals surface area contributed by atoms with Crippen LogP contribution >= 0.6 is 0 Å². The van der Waals surface area contributed by atoms with Crippen LogP contribution in [0.5, 0.6) is 0 Å². The first-order valence-corrected chi connectivity index (χ1v) is 7.49. The highest BCUT2D eigenvalue weighted by Gasteiger charge is 2.18. The van der Waals surface area contributed by atoms with Gasteiger partial charge >= 0.3 is 0 Å². The average molecular weight is 253 g/mol. The minimum atomic E-state index is 0.281. The third kappa shape index (κ3) is 4.25. The molecule has 18 heavy (non-hydrogen) atoms. The van der Waals surface area contributed by atoms with E-state index in [4.69, 9.17) is 0 Å². The first-order valence-electron chi connectivity index (χ1n) is 7.49. The van der Waals surface area contributed by atoms with Crippen molar-refractivity contribution in [2.75, 3.05) is 39.3 Å². The van der Waals surface area contributed by atoms with Gasteiger partial charge in [-0.15, -0.1) is 0 Å². The van der Waals surface area contributed by atoms with Crippen molar-refractivity contribution >= 4 is 5.91 Å². The maximum absolute atomic E-state index is 12.0. The van der Waals surface area contributed by atoms with E-state index in [2.05, 4.69) is 17.1 Å². The standard InChI is InChI=1S/C14H27N3O/c1-13(12-16-7-5-6-8-16)15-11-14(18)17-9-3-2-4-10-17/h13,15H,2-12H2,1H3. The molecule has 2 rings (SSSR count). The molecular formula is C14H27N3O. The Labute approximate surface area is 111 Å². The van der Waals surface area contributed by atoms with Crippen molar-refractivity contribution in [2.45, 2.75) is 45.1 Å². The van der Waals surface area contributed by atoms with Gasteiger partial charge in [0, 0.05) is 25.7 Å². The molecule has 0 radical (unpaired) electrons. The summed E-state index contributed by atoms with van der Waals surface area (Å²) in [7, 11) is 0. The molecule has 1 atom stereocenters. The van der Waals surface area contributed by atoms with Gasteiger partial charge in [0.15, 0.2) is 0 Å². The zero-order valence-electron chi connectivity index (χ0n) is 11.7. The van der Waals surface area contributed by atoms with Gasteiger partial charge in [0.05, 0.1) is 6.54 Å². The fourth-order valence-corrected chi connectivity index (χ4v) is 2.93. The molecule has 2 fully saturated rings. The molecule has 4 nitrogen and oxygen atoms in total. The molecule has 4 heteroatoms. The Morgan fingerprint density at radius 3 is 2.33 bits per heavy atom. The van der Waals surface area contributed by atoms with Gasteiger partial charge < -0.3 is 15.1 Å². The Bertz CT molecular complexity index is 258. The number of hydrogen-bond acceptors (Lipinski definition) is 3. The molecule has 0 aromatic rings. The lowest BCUT2D eigenvalue weighted by atomic mass is 10.1. The molecular weight excluding hydrogens is 226 g/mol. The lowest BCUT2D eigenvalue weighted by Gasteiger charge is -2.28. The smallest absolute Gasteiger partial charge is 0.236 e. The largest absolute Gasteiger partial charge is 0.342 e. The Hall–Kier alpha value is -0.610. The quantitative estimate of drug-likeness (QED) is 0.796. The summed E-state index contributed by atoms with van der Waals surface area (Å²) in [5.74, 6) is 0.281. The molecule has 0 aliphatic carbocycles. The lowest BCUT2D eigenvalue weighted by Crippen LogP contribution is -2.45. The average Bonchev–Trinajstić information content (AvgIpc) is 2.90. The third-order valence-corrected chi connectivity index (χ3v) is 4.04. The second kappa shape index (κ2) is 7.10. The Morgan fingerprint density at radius 1 is 1.06 bits per heavy atom. The number of carbonyl (C=O) groups is 1. The molecule has 104 valence electrons. The molecule has 1 unspecified atom stereocenters. The topological polar surface area (TPSA) is 35.6 Å². The molecule has 0 aromatic heterocycles. The van der Waals surface area contributed by atoms with E-state index in [1.54, 1.807) is 0 Å². The Kier molecular flexibility index (Phi) is 5.45. The summed E-state index contributed by atoms with van der Waals surface area (Å²) in [6, 6.07) is 0.414. The summed E-state index contributed by atoms with van der Waals surface area (Å²) in [5, 5.41) is 3.37. The van der Waals surface area contributed by atoms with Crippen molar-refractivity contribution in [2.24, 2.45) is 0 Å². The van der Waals surface area contributed by atoms with Crippen LogP contribution in [-0.2, 0) is 4.79 Å². The predicted octanol–water partition coefficient (Wildman–Crippen LogP) is 1.07. The fraction of sp³-hybridized carbons (Fsp3) is 0.929. The maximum Gasteiger partial charge on any atom is 0.236 e. The highest BCUT2D eigenvalue weighted by molar-refractivity contribution is 5.78. The lowest BCUT2D eigenvalue weighted by molar-refractivity contribution is -0.131. The predicted molar refractivity (Wildman–Crippen MR) is 73.6 cm³/mol. The maximum atomic E-state index is 12.0. The minimum Gasteiger partial charge on any atom is -0.342 e. The molecule has 0 bridgehead atoms. The fourth-order valence-electron chi connectivity index (χ4n) is 2.93. The van der Waals surface area contributed by atoms with Gasteiger partial charge in [-0.3, -0.25) is 4.79 Å². The van der Waals surface area contributed by atoms with Crippen LogP contribution in [0.15, 0.2) is 0 Å². The van der Waals surface area contributed by atoms with Crippen molar-refractivity contribution in [3.05, 3.63) is 0 Å². The van der Waals surface area contributed by atoms with E-state index in [1.165, 1.54) is 45.2 Å². The van der Waals surface area contributed by atoms with Crippen molar-refractivity contribution in [1.29, 1.82) is 0 Å². The summed E-state index contributed by atoms with van der Waals surface area (Å²) >= 11 is 0. The van der Waals surface area contributed by atoms with Gasteiger partial charge in [0.25, 0.3) is 0 Å². The summed E-state index contributed by atoms with van der Waals surface area (Å²) in [4.78, 5) is 16.5. The number of nitrogens with one attached hydrogen (secondary N) is 1. The van der Waals surface area contributed by atoms with E-state index >= 15 is 0 Å². The second-order valence-electron chi connectivity index (χ2n) is 5.73.